The van der Waals surface area contributed by atoms with E-state index in [1.807, 2.05) is 0 Å². The lowest BCUT2D eigenvalue weighted by atomic mass is 10.0. The van der Waals surface area contributed by atoms with Gasteiger partial charge in [0.05, 0.1) is 21.6 Å². The van der Waals surface area contributed by atoms with Gasteiger partial charge in [-0.2, -0.15) is 8.61 Å². The van der Waals surface area contributed by atoms with Gasteiger partial charge in [0.1, 0.15) is 0 Å². The molecule has 2 unspecified atom stereocenters. The molecule has 6 rings (SSSR count). The maximum absolute atomic E-state index is 13.2. The highest BCUT2D eigenvalue weighted by molar-refractivity contribution is 7.89. The Labute approximate surface area is 277 Å². The third-order valence-corrected chi connectivity index (χ3v) is 12.6. The molecule has 0 radical (unpaired) electrons. The van der Waals surface area contributed by atoms with Crippen molar-refractivity contribution in [2.45, 2.75) is 35.5 Å². The number of benzene rings is 4. The molecule has 2 amide bonds. The number of aliphatic carboxylic acids is 2. The van der Waals surface area contributed by atoms with Gasteiger partial charge in [0.25, 0.3) is 0 Å². The summed E-state index contributed by atoms with van der Waals surface area (Å²) >= 11 is 0. The van der Waals surface area contributed by atoms with Crippen molar-refractivity contribution in [1.29, 1.82) is 0 Å². The van der Waals surface area contributed by atoms with Crippen molar-refractivity contribution < 1.29 is 41.4 Å². The molecule has 2 aliphatic heterocycles. The quantitative estimate of drug-likeness (QED) is 0.204. The van der Waals surface area contributed by atoms with Crippen molar-refractivity contribution in [3.05, 3.63) is 72.8 Å². The van der Waals surface area contributed by atoms with E-state index in [-0.39, 0.29) is 36.0 Å². The molecule has 4 aromatic carbocycles. The van der Waals surface area contributed by atoms with Crippen LogP contribution in [0.5, 0.6) is 0 Å². The van der Waals surface area contributed by atoms with Crippen LogP contribution in [0.3, 0.4) is 0 Å². The topological polar surface area (TPSA) is 190 Å². The fraction of sp³-hybridized carbons (Fsp3) is 0.303. The van der Waals surface area contributed by atoms with Crippen LogP contribution in [0.15, 0.2) is 82.6 Å². The number of carbonyl (C=O) groups is 3. The standard InChI is InChI=1S/C33H34N4O9S2/c38-31(39)25-3-1-13-36(19-25)47(43,44)29-11-7-21-15-27(9-5-23(21)17-29)34-33(42)35-28-10-6-24-18-30(12-8-22(24)16-28)48(45,46)37-14-2-4-26(20-37)32(40)41/h5-12,15-18,25-26H,1-4,13-14,19-20H2,(H,38,39)(H,40,41)(H2,34,35,42). The van der Waals surface area contributed by atoms with Gasteiger partial charge < -0.3 is 20.8 Å². The Hall–Kier alpha value is -4.57. The number of urea groups is 1. The predicted octanol–water partition coefficient (Wildman–Crippen LogP) is 4.61. The lowest BCUT2D eigenvalue weighted by molar-refractivity contribution is -0.143. The molecule has 48 heavy (non-hydrogen) atoms. The zero-order chi connectivity index (χ0) is 34.2. The van der Waals surface area contributed by atoms with E-state index < -0.39 is 49.9 Å². The number of rotatable bonds is 8. The summed E-state index contributed by atoms with van der Waals surface area (Å²) in [6.07, 6.45) is 1.83. The molecule has 2 saturated heterocycles. The van der Waals surface area contributed by atoms with Crippen LogP contribution in [0.2, 0.25) is 0 Å². The van der Waals surface area contributed by atoms with Gasteiger partial charge in [-0.3, -0.25) is 9.59 Å². The number of carboxylic acid groups (broad SMARTS) is 2. The molecule has 0 spiro atoms. The molecule has 2 heterocycles. The second-order valence-corrected chi connectivity index (χ2v) is 16.0. The SMILES string of the molecule is O=C(Nc1ccc2cc(S(=O)(=O)N3CCCC(C(=O)O)C3)ccc2c1)Nc1ccc2cc(S(=O)(=O)N3CCCC(C(=O)O)C3)ccc2c1. The normalized spacial score (nSPS) is 19.6. The Morgan fingerprint density at radius 1 is 0.583 bits per heavy atom. The van der Waals surface area contributed by atoms with Crippen LogP contribution in [0, 0.1) is 11.8 Å². The summed E-state index contributed by atoms with van der Waals surface area (Å²) in [5.74, 6) is -3.48. The second-order valence-electron chi connectivity index (χ2n) is 12.1. The van der Waals surface area contributed by atoms with E-state index in [0.717, 1.165) is 0 Å². The third-order valence-electron chi connectivity index (χ3n) is 8.88. The molecule has 13 nitrogen and oxygen atoms in total. The molecular weight excluding hydrogens is 661 g/mol. The largest absolute Gasteiger partial charge is 0.481 e. The first kappa shape index (κ1) is 33.3. The molecule has 0 bridgehead atoms. The van der Waals surface area contributed by atoms with E-state index in [0.29, 0.717) is 58.6 Å². The Morgan fingerprint density at radius 2 is 0.958 bits per heavy atom. The average molecular weight is 695 g/mol. The molecule has 0 aromatic heterocycles. The fourth-order valence-corrected chi connectivity index (χ4v) is 9.36. The van der Waals surface area contributed by atoms with Gasteiger partial charge in [-0.25, -0.2) is 21.6 Å². The molecule has 0 aliphatic carbocycles. The Kier molecular flexibility index (Phi) is 9.13. The number of sulfonamides is 2. The highest BCUT2D eigenvalue weighted by Crippen LogP contribution is 2.30. The van der Waals surface area contributed by atoms with Gasteiger partial charge in [-0.1, -0.05) is 24.3 Å². The minimum absolute atomic E-state index is 0.0664. The maximum atomic E-state index is 13.2. The Balaban J connectivity index is 1.12. The lowest BCUT2D eigenvalue weighted by Crippen LogP contribution is -2.42. The Morgan fingerprint density at radius 3 is 1.35 bits per heavy atom. The van der Waals surface area contributed by atoms with E-state index in [4.69, 9.17) is 0 Å². The summed E-state index contributed by atoms with van der Waals surface area (Å²) in [6, 6.07) is 18.8. The van der Waals surface area contributed by atoms with Crippen LogP contribution in [0.4, 0.5) is 16.2 Å². The first-order valence-electron chi connectivity index (χ1n) is 15.4. The molecule has 4 N–H and O–H groups in total. The fourth-order valence-electron chi connectivity index (χ4n) is 6.24. The number of nitrogens with one attached hydrogen (secondary N) is 2. The van der Waals surface area contributed by atoms with E-state index >= 15 is 0 Å². The van der Waals surface area contributed by atoms with Crippen LogP contribution in [0.25, 0.3) is 21.5 Å². The number of nitrogens with zero attached hydrogens (tertiary/aromatic N) is 2. The van der Waals surface area contributed by atoms with Crippen molar-refractivity contribution >= 4 is 70.9 Å². The molecule has 15 heteroatoms. The van der Waals surface area contributed by atoms with Crippen molar-refractivity contribution in [1.82, 2.24) is 8.61 Å². The van der Waals surface area contributed by atoms with Crippen molar-refractivity contribution in [3.63, 3.8) is 0 Å². The molecule has 4 aromatic rings. The Bertz CT molecular complexity index is 2000. The van der Waals surface area contributed by atoms with Gasteiger partial charge in [0.15, 0.2) is 0 Å². The van der Waals surface area contributed by atoms with Crippen molar-refractivity contribution in [2.75, 3.05) is 36.8 Å². The molecule has 252 valence electrons. The molecule has 2 fully saturated rings. The summed E-state index contributed by atoms with van der Waals surface area (Å²) in [5, 5.41) is 26.9. The highest BCUT2D eigenvalue weighted by Gasteiger charge is 2.34. The lowest BCUT2D eigenvalue weighted by Gasteiger charge is -2.29. The number of piperidine rings is 2. The smallest absolute Gasteiger partial charge is 0.323 e. The number of carboxylic acids is 2. The zero-order valence-corrected chi connectivity index (χ0v) is 27.3. The number of anilines is 2. The van der Waals surface area contributed by atoms with Crippen molar-refractivity contribution in [2.24, 2.45) is 11.8 Å². The monoisotopic (exact) mass is 694 g/mol. The predicted molar refractivity (Wildman–Crippen MR) is 179 cm³/mol. The molecular formula is C33H34N4O9S2. The van der Waals surface area contributed by atoms with Crippen molar-refractivity contribution in [3.8, 4) is 0 Å². The number of amides is 2. The van der Waals surface area contributed by atoms with Gasteiger partial charge >= 0.3 is 18.0 Å². The number of fused-ring (bicyclic) bond motifs is 2. The van der Waals surface area contributed by atoms with Crippen LogP contribution >= 0.6 is 0 Å². The van der Waals surface area contributed by atoms with Gasteiger partial charge in [-0.05, 0) is 95.8 Å². The second kappa shape index (κ2) is 13.1. The number of hydrogen-bond acceptors (Lipinski definition) is 7. The van der Waals surface area contributed by atoms with E-state index in [1.54, 1.807) is 48.5 Å². The average Bonchev–Trinajstić information content (AvgIpc) is 3.07. The first-order valence-corrected chi connectivity index (χ1v) is 18.3. The van der Waals surface area contributed by atoms with Gasteiger partial charge in [-0.15, -0.1) is 0 Å². The van der Waals surface area contributed by atoms with E-state index in [9.17, 15) is 41.4 Å². The van der Waals surface area contributed by atoms with Crippen LogP contribution in [-0.2, 0) is 29.6 Å². The maximum Gasteiger partial charge on any atom is 0.323 e. The highest BCUT2D eigenvalue weighted by atomic mass is 32.2. The summed E-state index contributed by atoms with van der Waals surface area (Å²) in [4.78, 5) is 35.8. The summed E-state index contributed by atoms with van der Waals surface area (Å²) in [6.45, 7) is 0.390. The third kappa shape index (κ3) is 6.85. The number of carbonyl (C=O) groups excluding carboxylic acids is 1. The van der Waals surface area contributed by atoms with Gasteiger partial charge in [0, 0.05) is 37.6 Å². The minimum Gasteiger partial charge on any atom is -0.481 e. The minimum atomic E-state index is -3.88. The zero-order valence-electron chi connectivity index (χ0n) is 25.7. The molecule has 2 aliphatic rings. The summed E-state index contributed by atoms with van der Waals surface area (Å²) < 4.78 is 55.4. The van der Waals surface area contributed by atoms with E-state index in [2.05, 4.69) is 10.6 Å². The molecule has 2 atom stereocenters. The number of hydrogen-bond donors (Lipinski definition) is 4. The first-order chi connectivity index (χ1) is 22.8. The van der Waals surface area contributed by atoms with E-state index in [1.165, 1.54) is 32.9 Å². The van der Waals surface area contributed by atoms with Crippen LogP contribution in [-0.4, -0.2) is 79.8 Å². The van der Waals surface area contributed by atoms with Crippen LogP contribution < -0.4 is 10.6 Å². The van der Waals surface area contributed by atoms with Crippen LogP contribution in [0.1, 0.15) is 25.7 Å². The molecule has 0 saturated carbocycles. The van der Waals surface area contributed by atoms with Gasteiger partial charge in [0.2, 0.25) is 20.0 Å². The summed E-state index contributed by atoms with van der Waals surface area (Å²) in [5.41, 5.74) is 0.934. The summed E-state index contributed by atoms with van der Waals surface area (Å²) in [7, 11) is -7.76.